The van der Waals surface area contributed by atoms with Gasteiger partial charge in [0.2, 0.25) is 0 Å². The molecule has 3 nitrogen and oxygen atoms in total. The number of methoxy groups -OCH3 is 2. The molecular weight excluding hydrogens is 204 g/mol. The Labute approximate surface area is 97.0 Å². The number of rotatable bonds is 6. The van der Waals surface area contributed by atoms with Crippen LogP contribution in [0, 0.1) is 0 Å². The van der Waals surface area contributed by atoms with Crippen LogP contribution in [0.1, 0.15) is 37.9 Å². The lowest BCUT2D eigenvalue weighted by Crippen LogP contribution is -2.03. The zero-order valence-corrected chi connectivity index (χ0v) is 10.2. The van der Waals surface area contributed by atoms with E-state index in [1.54, 1.807) is 14.2 Å². The summed E-state index contributed by atoms with van der Waals surface area (Å²) in [4.78, 5) is 0. The van der Waals surface area contributed by atoms with Crippen molar-refractivity contribution in [2.75, 3.05) is 14.2 Å². The Hall–Kier alpha value is -1.22. The summed E-state index contributed by atoms with van der Waals surface area (Å²) in [6, 6.07) is 5.54. The number of aliphatic hydroxyl groups excluding tert-OH is 1. The average Bonchev–Trinajstić information content (AvgIpc) is 2.34. The van der Waals surface area contributed by atoms with Crippen molar-refractivity contribution in [2.24, 2.45) is 0 Å². The van der Waals surface area contributed by atoms with Crippen molar-refractivity contribution in [1.29, 1.82) is 0 Å². The molecule has 3 heteroatoms. The number of unbranched alkanes of at least 4 members (excludes halogenated alkanes) is 1. The van der Waals surface area contributed by atoms with Crippen molar-refractivity contribution in [2.45, 2.75) is 32.3 Å². The summed E-state index contributed by atoms with van der Waals surface area (Å²) < 4.78 is 10.5. The van der Waals surface area contributed by atoms with Crippen molar-refractivity contribution in [3.63, 3.8) is 0 Å². The molecule has 0 saturated carbocycles. The maximum atomic E-state index is 10.1. The molecule has 1 aromatic rings. The Morgan fingerprint density at radius 1 is 1.19 bits per heavy atom. The van der Waals surface area contributed by atoms with Gasteiger partial charge in [-0.15, -0.1) is 0 Å². The average molecular weight is 224 g/mol. The van der Waals surface area contributed by atoms with Gasteiger partial charge in [-0.25, -0.2) is 0 Å². The van der Waals surface area contributed by atoms with Gasteiger partial charge in [0.05, 0.1) is 25.9 Å². The first kappa shape index (κ1) is 12.8. The van der Waals surface area contributed by atoms with Crippen LogP contribution < -0.4 is 9.47 Å². The number of benzene rings is 1. The second-order valence-corrected chi connectivity index (χ2v) is 3.73. The molecule has 1 aromatic carbocycles. The highest BCUT2D eigenvalue weighted by Crippen LogP contribution is 2.35. The summed E-state index contributed by atoms with van der Waals surface area (Å²) in [6.07, 6.45) is 2.26. The zero-order chi connectivity index (χ0) is 12.0. The minimum absolute atomic E-state index is 0.522. The van der Waals surface area contributed by atoms with Gasteiger partial charge in [-0.1, -0.05) is 25.8 Å². The van der Waals surface area contributed by atoms with Gasteiger partial charge >= 0.3 is 0 Å². The number of aliphatic hydroxyl groups is 1. The van der Waals surface area contributed by atoms with Gasteiger partial charge in [-0.05, 0) is 18.6 Å². The summed E-state index contributed by atoms with van der Waals surface area (Å²) in [5.41, 5.74) is 0.751. The molecule has 0 aliphatic rings. The number of hydrogen-bond donors (Lipinski definition) is 1. The van der Waals surface area contributed by atoms with Gasteiger partial charge in [-0.2, -0.15) is 0 Å². The van der Waals surface area contributed by atoms with Crippen LogP contribution in [0.4, 0.5) is 0 Å². The Kier molecular flexibility index (Phi) is 5.12. The second kappa shape index (κ2) is 6.38. The first-order valence-corrected chi connectivity index (χ1v) is 5.63. The van der Waals surface area contributed by atoms with Crippen LogP contribution in [0.2, 0.25) is 0 Å². The van der Waals surface area contributed by atoms with E-state index in [0.29, 0.717) is 11.5 Å². The molecule has 1 rings (SSSR count). The molecule has 0 amide bonds. The van der Waals surface area contributed by atoms with Gasteiger partial charge < -0.3 is 14.6 Å². The van der Waals surface area contributed by atoms with Crippen molar-refractivity contribution in [3.05, 3.63) is 23.8 Å². The quantitative estimate of drug-likeness (QED) is 0.807. The summed E-state index contributed by atoms with van der Waals surface area (Å²) in [6.45, 7) is 2.10. The van der Waals surface area contributed by atoms with Crippen LogP contribution in [0.15, 0.2) is 18.2 Å². The van der Waals surface area contributed by atoms with Crippen molar-refractivity contribution < 1.29 is 14.6 Å². The topological polar surface area (TPSA) is 38.7 Å². The van der Waals surface area contributed by atoms with Crippen molar-refractivity contribution in [3.8, 4) is 11.5 Å². The van der Waals surface area contributed by atoms with E-state index in [-0.39, 0.29) is 0 Å². The largest absolute Gasteiger partial charge is 0.496 e. The normalized spacial score (nSPS) is 12.2. The molecule has 0 aromatic heterocycles. The standard InChI is InChI=1S/C13H20O3/c1-4-5-7-10(14)13-11(15-2)8-6-9-12(13)16-3/h6,8-10,14H,4-5,7H2,1-3H3. The van der Waals surface area contributed by atoms with E-state index < -0.39 is 6.10 Å². The first-order chi connectivity index (χ1) is 7.74. The minimum Gasteiger partial charge on any atom is -0.496 e. The SMILES string of the molecule is CCCCC(O)c1c(OC)cccc1OC. The highest BCUT2D eigenvalue weighted by atomic mass is 16.5. The fourth-order valence-corrected chi connectivity index (χ4v) is 1.75. The third-order valence-electron chi connectivity index (χ3n) is 2.63. The molecule has 0 heterocycles. The molecule has 0 fully saturated rings. The van der Waals surface area contributed by atoms with E-state index >= 15 is 0 Å². The van der Waals surface area contributed by atoms with E-state index in [0.717, 1.165) is 24.8 Å². The Morgan fingerprint density at radius 2 is 1.75 bits per heavy atom. The van der Waals surface area contributed by atoms with E-state index in [1.807, 2.05) is 18.2 Å². The maximum absolute atomic E-state index is 10.1. The Balaban J connectivity index is 2.97. The summed E-state index contributed by atoms with van der Waals surface area (Å²) in [5, 5.41) is 10.1. The van der Waals surface area contributed by atoms with Gasteiger partial charge in [0, 0.05) is 0 Å². The molecule has 1 N–H and O–H groups in total. The highest BCUT2D eigenvalue weighted by molar-refractivity contribution is 5.46. The predicted octanol–water partition coefficient (Wildman–Crippen LogP) is 2.93. The monoisotopic (exact) mass is 224 g/mol. The molecule has 0 bridgehead atoms. The molecule has 16 heavy (non-hydrogen) atoms. The van der Waals surface area contributed by atoms with Crippen LogP contribution in [0.25, 0.3) is 0 Å². The molecule has 1 unspecified atom stereocenters. The van der Waals surface area contributed by atoms with Gasteiger partial charge in [-0.3, -0.25) is 0 Å². The fourth-order valence-electron chi connectivity index (χ4n) is 1.75. The fraction of sp³-hybridized carbons (Fsp3) is 0.538. The van der Waals surface area contributed by atoms with Crippen LogP contribution in [-0.4, -0.2) is 19.3 Å². The molecule has 0 saturated heterocycles. The number of ether oxygens (including phenoxy) is 2. The van der Waals surface area contributed by atoms with Gasteiger partial charge in [0.1, 0.15) is 11.5 Å². The molecule has 0 aliphatic carbocycles. The predicted molar refractivity (Wildman–Crippen MR) is 64.0 cm³/mol. The molecule has 90 valence electrons. The third-order valence-corrected chi connectivity index (χ3v) is 2.63. The summed E-state index contributed by atoms with van der Waals surface area (Å²) in [7, 11) is 3.20. The minimum atomic E-state index is -0.522. The zero-order valence-electron chi connectivity index (χ0n) is 10.2. The lowest BCUT2D eigenvalue weighted by molar-refractivity contribution is 0.156. The van der Waals surface area contributed by atoms with Crippen molar-refractivity contribution >= 4 is 0 Å². The van der Waals surface area contributed by atoms with Crippen LogP contribution in [0.3, 0.4) is 0 Å². The van der Waals surface area contributed by atoms with E-state index in [9.17, 15) is 5.11 Å². The van der Waals surface area contributed by atoms with Crippen LogP contribution >= 0.6 is 0 Å². The summed E-state index contributed by atoms with van der Waals surface area (Å²) >= 11 is 0. The smallest absolute Gasteiger partial charge is 0.128 e. The second-order valence-electron chi connectivity index (χ2n) is 3.73. The Morgan fingerprint density at radius 3 is 2.19 bits per heavy atom. The molecule has 0 aliphatic heterocycles. The molecule has 0 spiro atoms. The Bertz CT molecular complexity index is 301. The lowest BCUT2D eigenvalue weighted by atomic mass is 10.0. The molecular formula is C13H20O3. The van der Waals surface area contributed by atoms with Crippen LogP contribution in [-0.2, 0) is 0 Å². The molecule has 1 atom stereocenters. The van der Waals surface area contributed by atoms with E-state index in [4.69, 9.17) is 9.47 Å². The van der Waals surface area contributed by atoms with E-state index in [2.05, 4.69) is 6.92 Å². The lowest BCUT2D eigenvalue weighted by Gasteiger charge is -2.17. The van der Waals surface area contributed by atoms with E-state index in [1.165, 1.54) is 0 Å². The molecule has 0 radical (unpaired) electrons. The summed E-state index contributed by atoms with van der Waals surface area (Å²) in [5.74, 6) is 1.37. The maximum Gasteiger partial charge on any atom is 0.128 e. The van der Waals surface area contributed by atoms with Crippen molar-refractivity contribution in [1.82, 2.24) is 0 Å². The third kappa shape index (κ3) is 2.89. The van der Waals surface area contributed by atoms with Gasteiger partial charge in [0.15, 0.2) is 0 Å². The van der Waals surface area contributed by atoms with Crippen LogP contribution in [0.5, 0.6) is 11.5 Å². The van der Waals surface area contributed by atoms with Gasteiger partial charge in [0.25, 0.3) is 0 Å². The highest BCUT2D eigenvalue weighted by Gasteiger charge is 2.17. The number of hydrogen-bond acceptors (Lipinski definition) is 3. The first-order valence-electron chi connectivity index (χ1n) is 5.63.